The van der Waals surface area contributed by atoms with Gasteiger partial charge in [-0.15, -0.1) is 0 Å². The number of hydrogen-bond donors (Lipinski definition) is 2. The number of nitrogens with two attached hydrogens (primary N) is 1. The summed E-state index contributed by atoms with van der Waals surface area (Å²) in [5, 5.41) is 11.6. The van der Waals surface area contributed by atoms with Crippen molar-refractivity contribution in [3.8, 4) is 0 Å². The third-order valence-corrected chi connectivity index (χ3v) is 2.52. The molecule has 6 heteroatoms. The molecule has 0 aromatic rings. The minimum Gasteiger partial charge on any atom is -0.409 e. The summed E-state index contributed by atoms with van der Waals surface area (Å²) in [6.07, 6.45) is 0. The topological polar surface area (TPSA) is 88.2 Å². The maximum atomic E-state index is 12.1. The van der Waals surface area contributed by atoms with E-state index in [0.717, 1.165) is 0 Å². The van der Waals surface area contributed by atoms with E-state index >= 15 is 0 Å². The van der Waals surface area contributed by atoms with Gasteiger partial charge in [0.05, 0.1) is 6.61 Å². The molecule has 0 aromatic carbocycles. The third kappa shape index (κ3) is 5.04. The van der Waals surface area contributed by atoms with Gasteiger partial charge in [0.2, 0.25) is 5.91 Å². The lowest BCUT2D eigenvalue weighted by atomic mass is 9.93. The van der Waals surface area contributed by atoms with Crippen molar-refractivity contribution in [2.45, 2.75) is 20.8 Å². The zero-order valence-corrected chi connectivity index (χ0v) is 11.0. The van der Waals surface area contributed by atoms with E-state index in [-0.39, 0.29) is 17.7 Å². The molecule has 0 fully saturated rings. The Morgan fingerprint density at radius 3 is 2.53 bits per heavy atom. The molecule has 0 saturated heterocycles. The standard InChI is InChI=1S/C11H23N3O3/c1-5-17-7-6-14(4)11(15)9(8(2)3)10(12)13-16/h8-9,16H,5-7H2,1-4H3,(H2,12,13). The molecule has 17 heavy (non-hydrogen) atoms. The molecule has 1 unspecified atom stereocenters. The van der Waals surface area contributed by atoms with Crippen LogP contribution < -0.4 is 5.73 Å². The van der Waals surface area contributed by atoms with Crippen LogP contribution in [0.1, 0.15) is 20.8 Å². The molecular weight excluding hydrogens is 222 g/mol. The fourth-order valence-corrected chi connectivity index (χ4v) is 1.51. The predicted octanol–water partition coefficient (Wildman–Crippen LogP) is 0.500. The number of rotatable bonds is 7. The van der Waals surface area contributed by atoms with Crippen molar-refractivity contribution in [2.75, 3.05) is 26.8 Å². The molecule has 0 rings (SSSR count). The molecule has 0 saturated carbocycles. The Labute approximate surface area is 102 Å². The van der Waals surface area contributed by atoms with Gasteiger partial charge in [-0.05, 0) is 12.8 Å². The molecule has 3 N–H and O–H groups in total. The average Bonchev–Trinajstić information content (AvgIpc) is 2.28. The van der Waals surface area contributed by atoms with Crippen LogP contribution in [0.15, 0.2) is 5.16 Å². The summed E-state index contributed by atoms with van der Waals surface area (Å²) in [7, 11) is 1.68. The van der Waals surface area contributed by atoms with Crippen molar-refractivity contribution in [3.05, 3.63) is 0 Å². The minimum atomic E-state index is -0.591. The van der Waals surface area contributed by atoms with Gasteiger partial charge in [0.1, 0.15) is 5.92 Å². The Morgan fingerprint density at radius 1 is 1.53 bits per heavy atom. The van der Waals surface area contributed by atoms with Gasteiger partial charge in [-0.2, -0.15) is 0 Å². The van der Waals surface area contributed by atoms with E-state index in [1.807, 2.05) is 20.8 Å². The van der Waals surface area contributed by atoms with E-state index in [4.69, 9.17) is 15.7 Å². The highest BCUT2D eigenvalue weighted by atomic mass is 16.5. The molecule has 0 aliphatic rings. The number of carbonyl (C=O) groups is 1. The number of likely N-dealkylation sites (N-methyl/N-ethyl adjacent to an activating group) is 1. The van der Waals surface area contributed by atoms with Crippen molar-refractivity contribution in [1.29, 1.82) is 0 Å². The van der Waals surface area contributed by atoms with Crippen LogP contribution in [-0.4, -0.2) is 48.7 Å². The van der Waals surface area contributed by atoms with Gasteiger partial charge >= 0.3 is 0 Å². The first-order valence-electron chi connectivity index (χ1n) is 5.75. The van der Waals surface area contributed by atoms with Crippen LogP contribution in [0, 0.1) is 11.8 Å². The van der Waals surface area contributed by atoms with Crippen LogP contribution in [-0.2, 0) is 9.53 Å². The lowest BCUT2D eigenvalue weighted by Gasteiger charge is -2.25. The summed E-state index contributed by atoms with van der Waals surface area (Å²) in [5.74, 6) is -0.817. The van der Waals surface area contributed by atoms with Crippen molar-refractivity contribution >= 4 is 11.7 Å². The lowest BCUT2D eigenvalue weighted by Crippen LogP contribution is -2.43. The van der Waals surface area contributed by atoms with Crippen LogP contribution in [0.3, 0.4) is 0 Å². The second-order valence-electron chi connectivity index (χ2n) is 4.20. The Kier molecular flexibility index (Phi) is 7.29. The number of carbonyl (C=O) groups excluding carboxylic acids is 1. The summed E-state index contributed by atoms with van der Waals surface area (Å²) < 4.78 is 5.18. The van der Waals surface area contributed by atoms with Crippen LogP contribution in [0.4, 0.5) is 0 Å². The van der Waals surface area contributed by atoms with E-state index in [9.17, 15) is 4.79 Å². The normalized spacial score (nSPS) is 13.8. The van der Waals surface area contributed by atoms with Gasteiger partial charge in [0.15, 0.2) is 5.84 Å². The van der Waals surface area contributed by atoms with Crippen LogP contribution in [0.2, 0.25) is 0 Å². The monoisotopic (exact) mass is 245 g/mol. The highest BCUT2D eigenvalue weighted by molar-refractivity contribution is 6.02. The second kappa shape index (κ2) is 7.89. The van der Waals surface area contributed by atoms with Crippen molar-refractivity contribution in [3.63, 3.8) is 0 Å². The zero-order chi connectivity index (χ0) is 13.4. The van der Waals surface area contributed by atoms with Gasteiger partial charge in [0.25, 0.3) is 0 Å². The summed E-state index contributed by atoms with van der Waals surface area (Å²) in [6, 6.07) is 0. The molecule has 0 aromatic heterocycles. The molecule has 0 heterocycles. The fourth-order valence-electron chi connectivity index (χ4n) is 1.51. The average molecular weight is 245 g/mol. The van der Waals surface area contributed by atoms with Gasteiger partial charge < -0.3 is 20.6 Å². The molecule has 0 spiro atoms. The van der Waals surface area contributed by atoms with Gasteiger partial charge in [0, 0.05) is 20.2 Å². The van der Waals surface area contributed by atoms with Crippen molar-refractivity contribution in [1.82, 2.24) is 4.90 Å². The highest BCUT2D eigenvalue weighted by Gasteiger charge is 2.29. The smallest absolute Gasteiger partial charge is 0.233 e. The Bertz CT molecular complexity index is 267. The summed E-state index contributed by atoms with van der Waals surface area (Å²) >= 11 is 0. The summed E-state index contributed by atoms with van der Waals surface area (Å²) in [5.41, 5.74) is 5.53. The third-order valence-electron chi connectivity index (χ3n) is 2.52. The quantitative estimate of drug-likeness (QED) is 0.225. The van der Waals surface area contributed by atoms with Crippen LogP contribution in [0.5, 0.6) is 0 Å². The molecule has 1 atom stereocenters. The Hall–Kier alpha value is -1.30. The first-order chi connectivity index (χ1) is 7.95. The van der Waals surface area contributed by atoms with E-state index in [0.29, 0.717) is 19.8 Å². The first-order valence-corrected chi connectivity index (χ1v) is 5.75. The van der Waals surface area contributed by atoms with Gasteiger partial charge in [-0.3, -0.25) is 4.79 Å². The number of oxime groups is 1. The predicted molar refractivity (Wildman–Crippen MR) is 65.9 cm³/mol. The molecule has 0 aliphatic heterocycles. The molecular formula is C11H23N3O3. The van der Waals surface area contributed by atoms with Crippen molar-refractivity contribution < 1.29 is 14.7 Å². The lowest BCUT2D eigenvalue weighted by molar-refractivity contribution is -0.133. The van der Waals surface area contributed by atoms with E-state index < -0.39 is 5.92 Å². The second-order valence-corrected chi connectivity index (χ2v) is 4.20. The number of ether oxygens (including phenoxy) is 1. The summed E-state index contributed by atoms with van der Waals surface area (Å²) in [6.45, 7) is 7.22. The van der Waals surface area contributed by atoms with Crippen molar-refractivity contribution in [2.24, 2.45) is 22.7 Å². The minimum absolute atomic E-state index is 0.0204. The largest absolute Gasteiger partial charge is 0.409 e. The first kappa shape index (κ1) is 15.7. The van der Waals surface area contributed by atoms with E-state index in [1.165, 1.54) is 0 Å². The number of hydrogen-bond acceptors (Lipinski definition) is 4. The molecule has 100 valence electrons. The van der Waals surface area contributed by atoms with Crippen LogP contribution in [0.25, 0.3) is 0 Å². The van der Waals surface area contributed by atoms with E-state index in [2.05, 4.69) is 5.16 Å². The van der Waals surface area contributed by atoms with Crippen LogP contribution >= 0.6 is 0 Å². The molecule has 1 amide bonds. The number of nitrogens with zero attached hydrogens (tertiary/aromatic N) is 2. The Balaban J connectivity index is 4.51. The molecule has 0 bridgehead atoms. The molecule has 0 aliphatic carbocycles. The number of amides is 1. The summed E-state index contributed by atoms with van der Waals surface area (Å²) in [4.78, 5) is 13.6. The van der Waals surface area contributed by atoms with E-state index in [1.54, 1.807) is 11.9 Å². The van der Waals surface area contributed by atoms with Gasteiger partial charge in [-0.1, -0.05) is 19.0 Å². The molecule has 0 radical (unpaired) electrons. The maximum absolute atomic E-state index is 12.1. The molecule has 6 nitrogen and oxygen atoms in total. The van der Waals surface area contributed by atoms with Gasteiger partial charge in [-0.25, -0.2) is 0 Å². The fraction of sp³-hybridized carbons (Fsp3) is 0.818. The zero-order valence-electron chi connectivity index (χ0n) is 11.0. The SMILES string of the molecule is CCOCCN(C)C(=O)C(C(N)=NO)C(C)C. The Morgan fingerprint density at radius 2 is 2.12 bits per heavy atom. The maximum Gasteiger partial charge on any atom is 0.233 e. The highest BCUT2D eigenvalue weighted by Crippen LogP contribution is 2.14. The number of amidine groups is 1.